The Morgan fingerprint density at radius 2 is 1.44 bits per heavy atom. The Kier molecular flexibility index (Phi) is 9.69. The first-order chi connectivity index (χ1) is 6.82. The minimum atomic E-state index is -2.40. The van der Waals surface area contributed by atoms with Crippen LogP contribution in [-0.4, -0.2) is 73.7 Å². The summed E-state index contributed by atoms with van der Waals surface area (Å²) >= 11 is 0. The Labute approximate surface area is 113 Å². The van der Waals surface area contributed by atoms with Crippen molar-refractivity contribution in [1.82, 2.24) is 0 Å². The van der Waals surface area contributed by atoms with Gasteiger partial charge in [-0.3, -0.25) is 0 Å². The van der Waals surface area contributed by atoms with Crippen LogP contribution < -0.4 is 34.7 Å². The number of aliphatic hydroxyl groups is 6. The molecule has 0 aliphatic rings. The molecule has 8 nitrogen and oxygen atoms in total. The van der Waals surface area contributed by atoms with Crippen molar-refractivity contribution in [3.63, 3.8) is 0 Å². The Morgan fingerprint density at radius 3 is 1.75 bits per heavy atom. The summed E-state index contributed by atoms with van der Waals surface area (Å²) in [6.45, 7) is -0.896. The molecular weight excluding hydrogens is 235 g/mol. The van der Waals surface area contributed by atoms with Crippen molar-refractivity contribution >= 4 is 5.97 Å². The molecule has 9 heteroatoms. The first-order valence-corrected chi connectivity index (χ1v) is 4.05. The van der Waals surface area contributed by atoms with E-state index < -0.39 is 43.1 Å². The minimum absolute atomic E-state index is 0. The van der Waals surface area contributed by atoms with E-state index in [2.05, 4.69) is 0 Å². The molecule has 0 bridgehead atoms. The Bertz CT molecular complexity index is 213. The van der Waals surface area contributed by atoms with Crippen LogP contribution >= 0.6 is 0 Å². The average Bonchev–Trinajstić information content (AvgIpc) is 2.23. The van der Waals surface area contributed by atoms with Crippen LogP contribution in [-0.2, 0) is 4.79 Å². The minimum Gasteiger partial charge on any atom is -0.547 e. The summed E-state index contributed by atoms with van der Waals surface area (Å²) in [5.74, 6) is -2.03. The largest absolute Gasteiger partial charge is 1.00 e. The van der Waals surface area contributed by atoms with E-state index in [0.29, 0.717) is 0 Å². The van der Waals surface area contributed by atoms with E-state index in [0.717, 1.165) is 0 Å². The molecule has 6 N–H and O–H groups in total. The number of carboxylic acid groups (broad SMARTS) is 1. The molecule has 5 atom stereocenters. The van der Waals surface area contributed by atoms with E-state index in [1.807, 2.05) is 0 Å². The fourth-order valence-corrected chi connectivity index (χ4v) is 0.864. The quantitative estimate of drug-likeness (QED) is 0.252. The van der Waals surface area contributed by atoms with Crippen LogP contribution in [0.1, 0.15) is 0 Å². The third-order valence-electron chi connectivity index (χ3n) is 1.85. The van der Waals surface area contributed by atoms with Gasteiger partial charge in [0.1, 0.15) is 30.5 Å². The third kappa shape index (κ3) is 5.04. The third-order valence-corrected chi connectivity index (χ3v) is 1.85. The molecule has 0 fully saturated rings. The van der Waals surface area contributed by atoms with Crippen LogP contribution in [0, 0.1) is 0 Å². The SMILES string of the molecule is O=C([O-])[C@@H](O)[C@H](O)[C@@H](O)[C@H](O)[C@H](O)CO.[Na+]. The second kappa shape index (κ2) is 8.34. The maximum Gasteiger partial charge on any atom is 1.00 e. The molecule has 0 heterocycles. The number of aliphatic hydroxyl groups excluding tert-OH is 6. The average molecular weight is 248 g/mol. The zero-order chi connectivity index (χ0) is 12.2. The van der Waals surface area contributed by atoms with E-state index in [9.17, 15) is 9.90 Å². The van der Waals surface area contributed by atoms with Crippen LogP contribution in [0.25, 0.3) is 0 Å². The summed E-state index contributed by atoms with van der Waals surface area (Å²) < 4.78 is 0. The zero-order valence-electron chi connectivity index (χ0n) is 8.59. The first-order valence-electron chi connectivity index (χ1n) is 4.05. The van der Waals surface area contributed by atoms with Gasteiger partial charge in [0.05, 0.1) is 12.6 Å². The maximum atomic E-state index is 10.1. The molecule has 0 aromatic rings. The van der Waals surface area contributed by atoms with Crippen molar-refractivity contribution < 1.29 is 70.1 Å². The van der Waals surface area contributed by atoms with Gasteiger partial charge in [-0.2, -0.15) is 0 Å². The number of rotatable bonds is 6. The molecule has 0 aliphatic carbocycles. The molecule has 0 saturated heterocycles. The van der Waals surface area contributed by atoms with Gasteiger partial charge in [-0.25, -0.2) is 0 Å². The number of hydrogen-bond acceptors (Lipinski definition) is 8. The van der Waals surface area contributed by atoms with Gasteiger partial charge in [-0.1, -0.05) is 0 Å². The first kappa shape index (κ1) is 18.6. The van der Waals surface area contributed by atoms with Crippen molar-refractivity contribution in [3.05, 3.63) is 0 Å². The van der Waals surface area contributed by atoms with Crippen molar-refractivity contribution in [2.75, 3.05) is 6.61 Å². The van der Waals surface area contributed by atoms with Gasteiger partial charge in [0.15, 0.2) is 0 Å². The molecule has 0 rings (SSSR count). The van der Waals surface area contributed by atoms with E-state index in [4.69, 9.17) is 30.6 Å². The van der Waals surface area contributed by atoms with E-state index >= 15 is 0 Å². The molecule has 0 saturated carbocycles. The van der Waals surface area contributed by atoms with Gasteiger partial charge in [0.2, 0.25) is 0 Å². The van der Waals surface area contributed by atoms with Crippen LogP contribution in [0.15, 0.2) is 0 Å². The topological polar surface area (TPSA) is 162 Å². The molecule has 0 aromatic heterocycles. The van der Waals surface area contributed by atoms with Gasteiger partial charge < -0.3 is 40.5 Å². The molecule has 0 unspecified atom stereocenters. The maximum absolute atomic E-state index is 10.1. The molecule has 90 valence electrons. The molecule has 0 radical (unpaired) electrons. The summed E-state index contributed by atoms with van der Waals surface area (Å²) in [7, 11) is 0. The number of hydrogen-bond donors (Lipinski definition) is 6. The summed E-state index contributed by atoms with van der Waals surface area (Å²) in [5, 5.41) is 63.2. The van der Waals surface area contributed by atoms with Crippen LogP contribution in [0.2, 0.25) is 0 Å². The van der Waals surface area contributed by atoms with Crippen LogP contribution in [0.3, 0.4) is 0 Å². The molecular formula is C7H13NaO8. The van der Waals surface area contributed by atoms with Crippen molar-refractivity contribution in [2.45, 2.75) is 30.5 Å². The smallest absolute Gasteiger partial charge is 0.547 e. The van der Waals surface area contributed by atoms with E-state index in [1.165, 1.54) is 0 Å². The predicted octanol–water partition coefficient (Wildman–Crippen LogP) is -8.46. The van der Waals surface area contributed by atoms with Crippen LogP contribution in [0.4, 0.5) is 0 Å². The summed E-state index contributed by atoms with van der Waals surface area (Å²) in [5.41, 5.74) is 0. The number of carboxylic acids is 1. The number of carbonyl (C=O) groups excluding carboxylic acids is 1. The molecule has 16 heavy (non-hydrogen) atoms. The summed E-state index contributed by atoms with van der Waals surface area (Å²) in [6, 6.07) is 0. The Morgan fingerprint density at radius 1 is 1.00 bits per heavy atom. The fraction of sp³-hybridized carbons (Fsp3) is 0.857. The predicted molar refractivity (Wildman–Crippen MR) is 42.1 cm³/mol. The summed E-state index contributed by atoms with van der Waals surface area (Å²) in [6.07, 6.45) is -10.5. The normalized spacial score (nSPS) is 20.1. The van der Waals surface area contributed by atoms with Gasteiger partial charge in [-0.05, 0) is 0 Å². The molecule has 0 aromatic carbocycles. The standard InChI is InChI=1S/C7H14O8.Na/c8-1-2(9)3(10)4(11)5(12)6(13)7(14)15;/h2-6,8-13H,1H2,(H,14,15);/q;+1/p-1/t2-,3-,4+,5-,6+;/m1./s1. The molecule has 0 aliphatic heterocycles. The van der Waals surface area contributed by atoms with Crippen molar-refractivity contribution in [2.24, 2.45) is 0 Å². The summed E-state index contributed by atoms with van der Waals surface area (Å²) in [4.78, 5) is 10.1. The zero-order valence-corrected chi connectivity index (χ0v) is 10.6. The van der Waals surface area contributed by atoms with Crippen LogP contribution in [0.5, 0.6) is 0 Å². The van der Waals surface area contributed by atoms with Crippen molar-refractivity contribution in [1.29, 1.82) is 0 Å². The van der Waals surface area contributed by atoms with Gasteiger partial charge in [-0.15, -0.1) is 0 Å². The fourth-order valence-electron chi connectivity index (χ4n) is 0.864. The van der Waals surface area contributed by atoms with Gasteiger partial charge in [0.25, 0.3) is 0 Å². The second-order valence-electron chi connectivity index (χ2n) is 2.99. The van der Waals surface area contributed by atoms with E-state index in [1.54, 1.807) is 0 Å². The van der Waals surface area contributed by atoms with Crippen molar-refractivity contribution in [3.8, 4) is 0 Å². The van der Waals surface area contributed by atoms with E-state index in [-0.39, 0.29) is 29.6 Å². The van der Waals surface area contributed by atoms with Gasteiger partial charge >= 0.3 is 29.6 Å². The molecule has 0 amide bonds. The van der Waals surface area contributed by atoms with Gasteiger partial charge in [0, 0.05) is 0 Å². The monoisotopic (exact) mass is 248 g/mol. The second-order valence-corrected chi connectivity index (χ2v) is 2.99. The Hall–Kier alpha value is 0.230. The number of aliphatic carboxylic acids is 1. The Balaban J connectivity index is 0. The molecule has 0 spiro atoms. The number of carbonyl (C=O) groups is 1.